The van der Waals surface area contributed by atoms with Crippen LogP contribution in [0.1, 0.15) is 43.4 Å². The SMILES string of the molecule is Cc1cccc(C)c1NC(=O)C(C)Nc1ccc(C(C)C)cc1. The van der Waals surface area contributed by atoms with Crippen LogP contribution in [0.25, 0.3) is 0 Å². The number of carbonyl (C=O) groups excluding carboxylic acids is 1. The average molecular weight is 310 g/mol. The van der Waals surface area contributed by atoms with Crippen LogP contribution in [-0.4, -0.2) is 11.9 Å². The summed E-state index contributed by atoms with van der Waals surface area (Å²) in [5.41, 5.74) is 5.31. The highest BCUT2D eigenvalue weighted by molar-refractivity contribution is 5.97. The lowest BCUT2D eigenvalue weighted by molar-refractivity contribution is -0.116. The molecule has 1 atom stereocenters. The Morgan fingerprint density at radius 1 is 0.913 bits per heavy atom. The predicted octanol–water partition coefficient (Wildman–Crippen LogP) is 4.87. The molecule has 122 valence electrons. The quantitative estimate of drug-likeness (QED) is 0.827. The number of nitrogens with one attached hydrogen (secondary N) is 2. The van der Waals surface area contributed by atoms with E-state index in [-0.39, 0.29) is 11.9 Å². The predicted molar refractivity (Wildman–Crippen MR) is 98.2 cm³/mol. The molecule has 3 heteroatoms. The van der Waals surface area contributed by atoms with E-state index in [1.54, 1.807) is 0 Å². The maximum atomic E-state index is 12.4. The summed E-state index contributed by atoms with van der Waals surface area (Å²) < 4.78 is 0. The van der Waals surface area contributed by atoms with E-state index in [9.17, 15) is 4.79 Å². The first-order valence-corrected chi connectivity index (χ1v) is 8.12. The van der Waals surface area contributed by atoms with Crippen molar-refractivity contribution in [1.29, 1.82) is 0 Å². The van der Waals surface area contributed by atoms with Crippen molar-refractivity contribution in [1.82, 2.24) is 0 Å². The van der Waals surface area contributed by atoms with Gasteiger partial charge in [0, 0.05) is 11.4 Å². The molecule has 0 fully saturated rings. The van der Waals surface area contributed by atoms with Gasteiger partial charge in [-0.1, -0.05) is 44.2 Å². The summed E-state index contributed by atoms with van der Waals surface area (Å²) >= 11 is 0. The fourth-order valence-corrected chi connectivity index (χ4v) is 2.52. The Kier molecular flexibility index (Phi) is 5.43. The van der Waals surface area contributed by atoms with Gasteiger partial charge in [0.2, 0.25) is 5.91 Å². The van der Waals surface area contributed by atoms with E-state index in [2.05, 4.69) is 36.6 Å². The second kappa shape index (κ2) is 7.32. The number of benzene rings is 2. The van der Waals surface area contributed by atoms with E-state index in [1.807, 2.05) is 51.1 Å². The van der Waals surface area contributed by atoms with Gasteiger partial charge in [0.1, 0.15) is 6.04 Å². The van der Waals surface area contributed by atoms with Crippen LogP contribution >= 0.6 is 0 Å². The largest absolute Gasteiger partial charge is 0.374 e. The molecular formula is C20H26N2O. The van der Waals surface area contributed by atoms with E-state index >= 15 is 0 Å². The Bertz CT molecular complexity index is 654. The van der Waals surface area contributed by atoms with Crippen LogP contribution in [0.4, 0.5) is 11.4 Å². The van der Waals surface area contributed by atoms with Crippen molar-refractivity contribution in [3.05, 3.63) is 59.2 Å². The third-order valence-corrected chi connectivity index (χ3v) is 4.08. The topological polar surface area (TPSA) is 41.1 Å². The maximum Gasteiger partial charge on any atom is 0.246 e. The molecule has 0 bridgehead atoms. The van der Waals surface area contributed by atoms with Gasteiger partial charge in [0.25, 0.3) is 0 Å². The molecule has 1 unspecified atom stereocenters. The van der Waals surface area contributed by atoms with Crippen LogP contribution in [-0.2, 0) is 4.79 Å². The van der Waals surface area contributed by atoms with Crippen LogP contribution in [0.2, 0.25) is 0 Å². The molecule has 23 heavy (non-hydrogen) atoms. The first-order chi connectivity index (χ1) is 10.9. The zero-order valence-electron chi connectivity index (χ0n) is 14.6. The highest BCUT2D eigenvalue weighted by atomic mass is 16.2. The minimum atomic E-state index is -0.307. The highest BCUT2D eigenvalue weighted by Gasteiger charge is 2.14. The molecule has 0 aromatic heterocycles. The molecule has 0 saturated heterocycles. The smallest absolute Gasteiger partial charge is 0.246 e. The van der Waals surface area contributed by atoms with Gasteiger partial charge < -0.3 is 10.6 Å². The molecule has 2 aromatic carbocycles. The van der Waals surface area contributed by atoms with Crippen molar-refractivity contribution in [3.63, 3.8) is 0 Å². The second-order valence-electron chi connectivity index (χ2n) is 6.40. The fourth-order valence-electron chi connectivity index (χ4n) is 2.52. The van der Waals surface area contributed by atoms with Gasteiger partial charge in [-0.25, -0.2) is 0 Å². The fraction of sp³-hybridized carbons (Fsp3) is 0.350. The number of aryl methyl sites for hydroxylation is 2. The van der Waals surface area contributed by atoms with E-state index in [4.69, 9.17) is 0 Å². The summed E-state index contributed by atoms with van der Waals surface area (Å²) in [6.45, 7) is 10.2. The van der Waals surface area contributed by atoms with E-state index < -0.39 is 0 Å². The lowest BCUT2D eigenvalue weighted by Crippen LogP contribution is -2.32. The normalized spacial score (nSPS) is 12.1. The summed E-state index contributed by atoms with van der Waals surface area (Å²) in [5.74, 6) is 0.476. The summed E-state index contributed by atoms with van der Waals surface area (Å²) in [4.78, 5) is 12.4. The van der Waals surface area contributed by atoms with E-state index in [1.165, 1.54) is 5.56 Å². The molecule has 2 rings (SSSR count). The standard InChI is InChI=1S/C20H26N2O/c1-13(2)17-9-11-18(12-10-17)21-16(5)20(23)22-19-14(3)7-6-8-15(19)4/h6-13,16,21H,1-5H3,(H,22,23). The molecule has 3 nitrogen and oxygen atoms in total. The molecule has 2 aromatic rings. The molecule has 0 radical (unpaired) electrons. The number of hydrogen-bond donors (Lipinski definition) is 2. The van der Waals surface area contributed by atoms with Crippen molar-refractivity contribution in [2.75, 3.05) is 10.6 Å². The van der Waals surface area contributed by atoms with Crippen molar-refractivity contribution < 1.29 is 4.79 Å². The third-order valence-electron chi connectivity index (χ3n) is 4.08. The minimum absolute atomic E-state index is 0.0321. The van der Waals surface area contributed by atoms with Gasteiger partial charge in [-0.2, -0.15) is 0 Å². The number of para-hydroxylation sites is 1. The van der Waals surface area contributed by atoms with Gasteiger partial charge in [-0.3, -0.25) is 4.79 Å². The summed E-state index contributed by atoms with van der Waals surface area (Å²) in [6.07, 6.45) is 0. The van der Waals surface area contributed by atoms with E-state index in [0.29, 0.717) is 5.92 Å². The van der Waals surface area contributed by atoms with Crippen LogP contribution in [0.3, 0.4) is 0 Å². The Hall–Kier alpha value is -2.29. The lowest BCUT2D eigenvalue weighted by Gasteiger charge is -2.18. The third kappa shape index (κ3) is 4.35. The van der Waals surface area contributed by atoms with Crippen molar-refractivity contribution in [2.45, 2.75) is 46.6 Å². The maximum absolute atomic E-state index is 12.4. The molecule has 2 N–H and O–H groups in total. The van der Waals surface area contributed by atoms with Crippen LogP contribution in [0.15, 0.2) is 42.5 Å². The molecule has 0 spiro atoms. The summed E-state index contributed by atoms with van der Waals surface area (Å²) in [6, 6.07) is 14.0. The van der Waals surface area contributed by atoms with Gasteiger partial charge in [0.15, 0.2) is 0 Å². The van der Waals surface area contributed by atoms with Crippen molar-refractivity contribution in [2.24, 2.45) is 0 Å². The van der Waals surface area contributed by atoms with Crippen LogP contribution < -0.4 is 10.6 Å². The summed E-state index contributed by atoms with van der Waals surface area (Å²) in [5, 5.41) is 6.28. The van der Waals surface area contributed by atoms with Crippen LogP contribution in [0, 0.1) is 13.8 Å². The Balaban J connectivity index is 2.02. The van der Waals surface area contributed by atoms with Gasteiger partial charge in [-0.15, -0.1) is 0 Å². The van der Waals surface area contributed by atoms with Crippen LogP contribution in [0.5, 0.6) is 0 Å². The molecule has 0 heterocycles. The van der Waals surface area contributed by atoms with Gasteiger partial charge in [-0.05, 0) is 55.5 Å². The zero-order chi connectivity index (χ0) is 17.0. The number of rotatable bonds is 5. The molecule has 0 saturated carbocycles. The molecule has 0 aliphatic heterocycles. The molecule has 0 aliphatic carbocycles. The number of anilines is 2. The number of carbonyl (C=O) groups is 1. The number of amides is 1. The lowest BCUT2D eigenvalue weighted by atomic mass is 10.0. The first-order valence-electron chi connectivity index (χ1n) is 8.12. The number of hydrogen-bond acceptors (Lipinski definition) is 2. The Morgan fingerprint density at radius 3 is 2.00 bits per heavy atom. The zero-order valence-corrected chi connectivity index (χ0v) is 14.6. The van der Waals surface area contributed by atoms with Gasteiger partial charge >= 0.3 is 0 Å². The van der Waals surface area contributed by atoms with E-state index in [0.717, 1.165) is 22.5 Å². The molecule has 1 amide bonds. The summed E-state index contributed by atoms with van der Waals surface area (Å²) in [7, 11) is 0. The van der Waals surface area contributed by atoms with Crippen molar-refractivity contribution >= 4 is 17.3 Å². The van der Waals surface area contributed by atoms with Gasteiger partial charge in [0.05, 0.1) is 0 Å². The van der Waals surface area contributed by atoms with Crippen molar-refractivity contribution in [3.8, 4) is 0 Å². The minimum Gasteiger partial charge on any atom is -0.374 e. The monoisotopic (exact) mass is 310 g/mol. The Labute approximate surface area is 139 Å². The highest BCUT2D eigenvalue weighted by Crippen LogP contribution is 2.21. The first kappa shape index (κ1) is 17.1. The molecule has 0 aliphatic rings. The second-order valence-corrected chi connectivity index (χ2v) is 6.40. The molecular weight excluding hydrogens is 284 g/mol. The average Bonchev–Trinajstić information content (AvgIpc) is 2.51. The Morgan fingerprint density at radius 2 is 1.48 bits per heavy atom.